The molecule has 1 aromatic heterocycles. The molecule has 1 rings (SSSR count). The van der Waals surface area contributed by atoms with Gasteiger partial charge in [-0.1, -0.05) is 0 Å². The zero-order chi connectivity index (χ0) is 14.8. The maximum Gasteiger partial charge on any atom is 0.574 e. The Hall–Kier alpha value is -1.38. The number of hydrogen-bond donors (Lipinski definition) is 0. The second-order valence-electron chi connectivity index (χ2n) is 3.18. The van der Waals surface area contributed by atoms with E-state index in [0.29, 0.717) is 6.07 Å². The van der Waals surface area contributed by atoms with Crippen molar-refractivity contribution in [2.45, 2.75) is 18.4 Å². The first-order chi connectivity index (χ1) is 8.58. The van der Waals surface area contributed by atoms with Crippen molar-refractivity contribution >= 4 is 11.6 Å². The standard InChI is InChI=1S/C9H6ClF6NO2/c1-18-6-4(3-10)2-5(8(11,12)13)17-7(6)19-9(14,15)16/h2H,3H2,1H3. The van der Waals surface area contributed by atoms with E-state index in [1.165, 1.54) is 0 Å². The van der Waals surface area contributed by atoms with E-state index in [2.05, 4.69) is 14.5 Å². The van der Waals surface area contributed by atoms with Gasteiger partial charge in [-0.3, -0.25) is 0 Å². The summed E-state index contributed by atoms with van der Waals surface area (Å²) in [5.41, 5.74) is -1.87. The van der Waals surface area contributed by atoms with Crippen LogP contribution >= 0.6 is 11.6 Å². The van der Waals surface area contributed by atoms with Crippen molar-refractivity contribution in [1.82, 2.24) is 4.98 Å². The van der Waals surface area contributed by atoms with Gasteiger partial charge in [-0.05, 0) is 6.07 Å². The number of alkyl halides is 7. The highest BCUT2D eigenvalue weighted by Gasteiger charge is 2.38. The molecule has 0 N–H and O–H groups in total. The molecule has 108 valence electrons. The van der Waals surface area contributed by atoms with Crippen LogP contribution in [0.2, 0.25) is 0 Å². The van der Waals surface area contributed by atoms with Crippen LogP contribution in [0.15, 0.2) is 6.07 Å². The molecule has 0 spiro atoms. The van der Waals surface area contributed by atoms with E-state index in [4.69, 9.17) is 11.6 Å². The van der Waals surface area contributed by atoms with Gasteiger partial charge in [-0.25, -0.2) is 4.98 Å². The van der Waals surface area contributed by atoms with Crippen LogP contribution < -0.4 is 9.47 Å². The molecule has 0 aliphatic rings. The lowest BCUT2D eigenvalue weighted by Gasteiger charge is -2.16. The van der Waals surface area contributed by atoms with Gasteiger partial charge in [0, 0.05) is 5.56 Å². The van der Waals surface area contributed by atoms with E-state index < -0.39 is 35.7 Å². The number of aromatic nitrogens is 1. The third-order valence-electron chi connectivity index (χ3n) is 1.87. The molecule has 0 unspecified atom stereocenters. The number of nitrogens with zero attached hydrogens (tertiary/aromatic N) is 1. The summed E-state index contributed by atoms with van der Waals surface area (Å²) in [5, 5.41) is 0. The molecular formula is C9H6ClF6NO2. The third-order valence-corrected chi connectivity index (χ3v) is 2.16. The van der Waals surface area contributed by atoms with Gasteiger partial charge in [-0.15, -0.1) is 24.8 Å². The molecule has 0 amide bonds. The lowest BCUT2D eigenvalue weighted by atomic mass is 10.2. The lowest BCUT2D eigenvalue weighted by molar-refractivity contribution is -0.277. The Morgan fingerprint density at radius 3 is 2.16 bits per heavy atom. The van der Waals surface area contributed by atoms with Crippen LogP contribution in [0.4, 0.5) is 26.3 Å². The molecule has 0 aliphatic carbocycles. The average Bonchev–Trinajstić information content (AvgIpc) is 2.24. The minimum absolute atomic E-state index is 0.314. The summed E-state index contributed by atoms with van der Waals surface area (Å²) in [6, 6.07) is 0.495. The van der Waals surface area contributed by atoms with Crippen LogP contribution in [-0.4, -0.2) is 18.5 Å². The number of halogens is 7. The van der Waals surface area contributed by atoms with Gasteiger partial charge in [0.05, 0.1) is 13.0 Å². The quantitative estimate of drug-likeness (QED) is 0.629. The molecule has 0 aliphatic heterocycles. The summed E-state index contributed by atoms with van der Waals surface area (Å²) < 4.78 is 81.6. The molecule has 0 fully saturated rings. The van der Waals surface area contributed by atoms with Crippen LogP contribution in [0, 0.1) is 0 Å². The van der Waals surface area contributed by atoms with Gasteiger partial charge >= 0.3 is 12.5 Å². The summed E-state index contributed by atoms with van der Waals surface area (Å²) in [5.74, 6) is -2.43. The van der Waals surface area contributed by atoms with Crippen molar-refractivity contribution in [3.8, 4) is 11.6 Å². The summed E-state index contributed by atoms with van der Waals surface area (Å²) in [4.78, 5) is 2.76. The molecule has 10 heteroatoms. The van der Waals surface area contributed by atoms with Crippen molar-refractivity contribution in [2.75, 3.05) is 7.11 Å². The first kappa shape index (κ1) is 15.7. The normalized spacial score (nSPS) is 12.4. The topological polar surface area (TPSA) is 31.4 Å². The molecule has 0 bridgehead atoms. The van der Waals surface area contributed by atoms with E-state index in [0.717, 1.165) is 7.11 Å². The summed E-state index contributed by atoms with van der Waals surface area (Å²) >= 11 is 5.36. The van der Waals surface area contributed by atoms with Gasteiger partial charge in [0.2, 0.25) is 0 Å². The largest absolute Gasteiger partial charge is 0.574 e. The molecular weight excluding hydrogens is 304 g/mol. The summed E-state index contributed by atoms with van der Waals surface area (Å²) in [7, 11) is 0.962. The average molecular weight is 310 g/mol. The summed E-state index contributed by atoms with van der Waals surface area (Å²) in [6.45, 7) is 0. The highest BCUT2D eigenvalue weighted by atomic mass is 35.5. The second-order valence-corrected chi connectivity index (χ2v) is 3.45. The Morgan fingerprint density at radius 2 is 1.79 bits per heavy atom. The lowest BCUT2D eigenvalue weighted by Crippen LogP contribution is -2.20. The maximum atomic E-state index is 12.5. The Balaban J connectivity index is 3.40. The molecule has 0 atom stereocenters. The maximum absolute atomic E-state index is 12.5. The number of pyridine rings is 1. The van der Waals surface area contributed by atoms with Crippen LogP contribution in [-0.2, 0) is 12.1 Å². The molecule has 1 heterocycles. The monoisotopic (exact) mass is 309 g/mol. The first-order valence-electron chi connectivity index (χ1n) is 4.55. The molecule has 1 aromatic rings. The van der Waals surface area contributed by atoms with Crippen LogP contribution in [0.25, 0.3) is 0 Å². The first-order valence-corrected chi connectivity index (χ1v) is 5.08. The molecule has 0 aromatic carbocycles. The van der Waals surface area contributed by atoms with Crippen molar-refractivity contribution in [2.24, 2.45) is 0 Å². The zero-order valence-corrected chi connectivity index (χ0v) is 9.95. The molecule has 19 heavy (non-hydrogen) atoms. The Kier molecular flexibility index (Phi) is 4.39. The molecule has 3 nitrogen and oxygen atoms in total. The molecule has 0 saturated carbocycles. The fourth-order valence-corrected chi connectivity index (χ4v) is 1.40. The SMILES string of the molecule is COc1c(CCl)cc(C(F)(F)F)nc1OC(F)(F)F. The summed E-state index contributed by atoms with van der Waals surface area (Å²) in [6.07, 6.45) is -10.1. The van der Waals surface area contributed by atoms with Gasteiger partial charge in [0.1, 0.15) is 5.69 Å². The number of ether oxygens (including phenoxy) is 2. The van der Waals surface area contributed by atoms with Gasteiger partial charge < -0.3 is 9.47 Å². The highest BCUT2D eigenvalue weighted by molar-refractivity contribution is 6.17. The molecule has 0 saturated heterocycles. The van der Waals surface area contributed by atoms with Crippen molar-refractivity contribution in [1.29, 1.82) is 0 Å². The van der Waals surface area contributed by atoms with Gasteiger partial charge in [0.25, 0.3) is 5.88 Å². The fourth-order valence-electron chi connectivity index (χ4n) is 1.20. The van der Waals surface area contributed by atoms with E-state index in [-0.39, 0.29) is 5.56 Å². The number of hydrogen-bond acceptors (Lipinski definition) is 3. The van der Waals surface area contributed by atoms with E-state index in [1.807, 2.05) is 0 Å². The van der Waals surface area contributed by atoms with Crippen molar-refractivity contribution < 1.29 is 35.8 Å². The van der Waals surface area contributed by atoms with Crippen LogP contribution in [0.1, 0.15) is 11.3 Å². The Morgan fingerprint density at radius 1 is 1.21 bits per heavy atom. The highest BCUT2D eigenvalue weighted by Crippen LogP contribution is 2.38. The second kappa shape index (κ2) is 5.32. The number of methoxy groups -OCH3 is 1. The van der Waals surface area contributed by atoms with E-state index >= 15 is 0 Å². The fraction of sp³-hybridized carbons (Fsp3) is 0.444. The predicted molar refractivity (Wildman–Crippen MR) is 52.0 cm³/mol. The minimum atomic E-state index is -5.20. The van der Waals surface area contributed by atoms with E-state index in [9.17, 15) is 26.3 Å². The number of rotatable bonds is 3. The van der Waals surface area contributed by atoms with Crippen LogP contribution in [0.5, 0.6) is 11.6 Å². The zero-order valence-electron chi connectivity index (χ0n) is 9.19. The van der Waals surface area contributed by atoms with E-state index in [1.54, 1.807) is 0 Å². The van der Waals surface area contributed by atoms with Gasteiger partial charge in [0.15, 0.2) is 5.75 Å². The van der Waals surface area contributed by atoms with Crippen molar-refractivity contribution in [3.63, 3.8) is 0 Å². The van der Waals surface area contributed by atoms with Crippen molar-refractivity contribution in [3.05, 3.63) is 17.3 Å². The Labute approximate surface area is 108 Å². The third kappa shape index (κ3) is 4.05. The smallest absolute Gasteiger partial charge is 0.491 e. The van der Waals surface area contributed by atoms with Crippen LogP contribution in [0.3, 0.4) is 0 Å². The minimum Gasteiger partial charge on any atom is -0.491 e. The Bertz CT molecular complexity index is 459. The predicted octanol–water partition coefficient (Wildman–Crippen LogP) is 3.75. The van der Waals surface area contributed by atoms with Gasteiger partial charge in [-0.2, -0.15) is 13.2 Å². The molecule has 0 radical (unpaired) electrons.